The summed E-state index contributed by atoms with van der Waals surface area (Å²) in [6, 6.07) is 12.8. The van der Waals surface area contributed by atoms with Crippen molar-refractivity contribution in [1.82, 2.24) is 0 Å². The van der Waals surface area contributed by atoms with Gasteiger partial charge in [-0.05, 0) is 71.4 Å². The minimum absolute atomic E-state index is 0.133. The second-order valence-electron chi connectivity index (χ2n) is 10.1. The fraction of sp³-hybridized carbons (Fsp3) is 0.500. The molecule has 0 N–H and O–H groups in total. The van der Waals surface area contributed by atoms with Crippen molar-refractivity contribution in [3.8, 4) is 11.5 Å². The van der Waals surface area contributed by atoms with Gasteiger partial charge in [-0.25, -0.2) is 0 Å². The predicted molar refractivity (Wildman–Crippen MR) is 118 cm³/mol. The molecule has 0 bridgehead atoms. The molecule has 0 saturated heterocycles. The van der Waals surface area contributed by atoms with Gasteiger partial charge in [-0.1, -0.05) is 30.3 Å². The Hall–Kier alpha value is -2.29. The lowest BCUT2D eigenvalue weighted by atomic mass is 9.81. The van der Waals surface area contributed by atoms with Crippen LogP contribution in [0.2, 0.25) is 0 Å². The van der Waals surface area contributed by atoms with E-state index >= 15 is 0 Å². The van der Waals surface area contributed by atoms with Gasteiger partial charge in [0.1, 0.15) is 5.60 Å². The smallest absolute Gasteiger partial charge is 0.166 e. The molecule has 5 rings (SSSR count). The SMILES string of the molecule is CC1(C)Cc2cc(OC3CCCC3)c3c(c2C(c2ccccc2)=N1)CC(C)(C)O3. The average Bonchev–Trinajstić information content (AvgIpc) is 3.27. The first-order chi connectivity index (χ1) is 13.8. The van der Waals surface area contributed by atoms with Crippen molar-refractivity contribution in [2.24, 2.45) is 4.99 Å². The van der Waals surface area contributed by atoms with Crippen molar-refractivity contribution in [2.75, 3.05) is 0 Å². The van der Waals surface area contributed by atoms with Crippen molar-refractivity contribution in [2.45, 2.75) is 83.5 Å². The topological polar surface area (TPSA) is 30.8 Å². The minimum atomic E-state index is -0.222. The van der Waals surface area contributed by atoms with Crippen molar-refractivity contribution in [1.29, 1.82) is 0 Å². The second kappa shape index (κ2) is 6.62. The highest BCUT2D eigenvalue weighted by Crippen LogP contribution is 2.48. The normalized spacial score (nSPS) is 21.9. The van der Waals surface area contributed by atoms with Crippen LogP contribution in [0.15, 0.2) is 41.4 Å². The van der Waals surface area contributed by atoms with Crippen molar-refractivity contribution >= 4 is 5.71 Å². The number of benzene rings is 2. The molecular formula is C26H31NO2. The highest BCUT2D eigenvalue weighted by molar-refractivity contribution is 6.16. The van der Waals surface area contributed by atoms with Crippen LogP contribution < -0.4 is 9.47 Å². The summed E-state index contributed by atoms with van der Waals surface area (Å²) < 4.78 is 13.0. The third-order valence-corrected chi connectivity index (χ3v) is 6.32. The van der Waals surface area contributed by atoms with E-state index in [0.717, 1.165) is 42.9 Å². The van der Waals surface area contributed by atoms with E-state index in [1.165, 1.54) is 35.1 Å². The molecule has 152 valence electrons. The summed E-state index contributed by atoms with van der Waals surface area (Å²) in [6.45, 7) is 8.80. The van der Waals surface area contributed by atoms with Gasteiger partial charge in [0.05, 0.1) is 17.4 Å². The predicted octanol–water partition coefficient (Wildman–Crippen LogP) is 5.89. The van der Waals surface area contributed by atoms with Crippen LogP contribution in [0.3, 0.4) is 0 Å². The van der Waals surface area contributed by atoms with Gasteiger partial charge in [0.25, 0.3) is 0 Å². The Labute approximate surface area is 174 Å². The first-order valence-corrected chi connectivity index (χ1v) is 11.0. The summed E-state index contributed by atoms with van der Waals surface area (Å²) in [5.74, 6) is 1.89. The molecule has 0 unspecified atom stereocenters. The standard InChI is InChI=1S/C26H31NO2/c1-25(2)15-18-14-21(28-19-12-8-9-13-19)24-20(16-26(3,4)29-24)22(18)23(27-25)17-10-6-5-7-11-17/h5-7,10-11,14,19H,8-9,12-13,15-16H2,1-4H3. The van der Waals surface area contributed by atoms with Gasteiger partial charge in [0, 0.05) is 23.1 Å². The van der Waals surface area contributed by atoms with Gasteiger partial charge < -0.3 is 9.47 Å². The van der Waals surface area contributed by atoms with Gasteiger partial charge in [0.15, 0.2) is 11.5 Å². The Kier molecular flexibility index (Phi) is 4.27. The summed E-state index contributed by atoms with van der Waals surface area (Å²) in [7, 11) is 0. The lowest BCUT2D eigenvalue weighted by Crippen LogP contribution is -2.30. The maximum absolute atomic E-state index is 6.52. The lowest BCUT2D eigenvalue weighted by Gasteiger charge is -2.31. The Bertz CT molecular complexity index is 966. The zero-order valence-electron chi connectivity index (χ0n) is 18.0. The molecule has 2 aromatic rings. The van der Waals surface area contributed by atoms with Crippen LogP contribution >= 0.6 is 0 Å². The summed E-state index contributed by atoms with van der Waals surface area (Å²) in [5, 5.41) is 0. The second-order valence-corrected chi connectivity index (χ2v) is 10.1. The lowest BCUT2D eigenvalue weighted by molar-refractivity contribution is 0.125. The molecule has 0 atom stereocenters. The first kappa shape index (κ1) is 18.7. The molecule has 0 amide bonds. The van der Waals surface area contributed by atoms with Gasteiger partial charge in [-0.2, -0.15) is 0 Å². The highest BCUT2D eigenvalue weighted by atomic mass is 16.5. The van der Waals surface area contributed by atoms with Crippen molar-refractivity contribution in [3.05, 3.63) is 58.7 Å². The molecule has 0 radical (unpaired) electrons. The molecule has 3 nitrogen and oxygen atoms in total. The van der Waals surface area contributed by atoms with E-state index in [1.807, 2.05) is 0 Å². The summed E-state index contributed by atoms with van der Waals surface area (Å²) in [4.78, 5) is 5.20. The van der Waals surface area contributed by atoms with E-state index in [9.17, 15) is 0 Å². The summed E-state index contributed by atoms with van der Waals surface area (Å²) in [6.07, 6.45) is 6.97. The van der Waals surface area contributed by atoms with E-state index < -0.39 is 0 Å². The largest absolute Gasteiger partial charge is 0.487 e. The fourth-order valence-corrected chi connectivity index (χ4v) is 5.15. The van der Waals surface area contributed by atoms with Crippen LogP contribution in [0.25, 0.3) is 0 Å². The van der Waals surface area contributed by atoms with Crippen LogP contribution in [0.5, 0.6) is 11.5 Å². The minimum Gasteiger partial charge on any atom is -0.487 e. The number of fused-ring (bicyclic) bond motifs is 3. The molecule has 3 aliphatic rings. The Morgan fingerprint density at radius 1 is 1.00 bits per heavy atom. The Balaban J connectivity index is 1.69. The summed E-state index contributed by atoms with van der Waals surface area (Å²) >= 11 is 0. The highest BCUT2D eigenvalue weighted by Gasteiger charge is 2.40. The number of hydrogen-bond acceptors (Lipinski definition) is 3. The first-order valence-electron chi connectivity index (χ1n) is 11.0. The van der Waals surface area contributed by atoms with Gasteiger partial charge >= 0.3 is 0 Å². The molecule has 0 aromatic heterocycles. The average molecular weight is 390 g/mol. The van der Waals surface area contributed by atoms with Crippen LogP contribution in [0.1, 0.15) is 75.6 Å². The number of rotatable bonds is 3. The molecule has 2 heterocycles. The number of nitrogens with zero attached hydrogens (tertiary/aromatic N) is 1. The van der Waals surface area contributed by atoms with E-state index in [-0.39, 0.29) is 11.1 Å². The molecule has 1 saturated carbocycles. The number of ether oxygens (including phenoxy) is 2. The molecule has 3 heteroatoms. The van der Waals surface area contributed by atoms with Crippen molar-refractivity contribution < 1.29 is 9.47 Å². The van der Waals surface area contributed by atoms with Gasteiger partial charge in [-0.15, -0.1) is 0 Å². The quantitative estimate of drug-likeness (QED) is 0.655. The number of hydrogen-bond donors (Lipinski definition) is 0. The third-order valence-electron chi connectivity index (χ3n) is 6.32. The van der Waals surface area contributed by atoms with E-state index in [2.05, 4.69) is 64.1 Å². The summed E-state index contributed by atoms with van der Waals surface area (Å²) in [5.41, 5.74) is 5.82. The molecule has 2 aromatic carbocycles. The van der Waals surface area contributed by atoms with Gasteiger partial charge in [0.2, 0.25) is 0 Å². The molecular weight excluding hydrogens is 358 g/mol. The zero-order chi connectivity index (χ0) is 20.2. The van der Waals surface area contributed by atoms with Crippen LogP contribution in [-0.2, 0) is 12.8 Å². The molecule has 1 aliphatic carbocycles. The molecule has 29 heavy (non-hydrogen) atoms. The molecule has 0 spiro atoms. The molecule has 1 fully saturated rings. The van der Waals surface area contributed by atoms with Crippen LogP contribution in [0.4, 0.5) is 0 Å². The Morgan fingerprint density at radius 3 is 2.45 bits per heavy atom. The van der Waals surface area contributed by atoms with Crippen LogP contribution in [0, 0.1) is 0 Å². The fourth-order valence-electron chi connectivity index (χ4n) is 5.15. The van der Waals surface area contributed by atoms with E-state index in [0.29, 0.717) is 6.10 Å². The van der Waals surface area contributed by atoms with E-state index in [1.54, 1.807) is 0 Å². The van der Waals surface area contributed by atoms with Crippen LogP contribution in [-0.4, -0.2) is 23.0 Å². The Morgan fingerprint density at radius 2 is 1.72 bits per heavy atom. The third kappa shape index (κ3) is 3.45. The van der Waals surface area contributed by atoms with Gasteiger partial charge in [-0.3, -0.25) is 4.99 Å². The molecule has 2 aliphatic heterocycles. The maximum atomic E-state index is 6.52. The monoisotopic (exact) mass is 389 g/mol. The van der Waals surface area contributed by atoms with E-state index in [4.69, 9.17) is 14.5 Å². The zero-order valence-corrected chi connectivity index (χ0v) is 18.0. The number of aliphatic imine (C=N–C) groups is 1. The van der Waals surface area contributed by atoms with Crippen molar-refractivity contribution in [3.63, 3.8) is 0 Å². The maximum Gasteiger partial charge on any atom is 0.166 e.